The predicted molar refractivity (Wildman–Crippen MR) is 51.2 cm³/mol. The molecule has 1 aromatic rings. The monoisotopic (exact) mass is 182 g/mol. The molecule has 1 atom stereocenters. The molecule has 66 valence electrons. The first-order chi connectivity index (χ1) is 5.62. The highest BCUT2D eigenvalue weighted by Gasteiger charge is 2.62. The minimum atomic E-state index is 0.188. The van der Waals surface area contributed by atoms with Gasteiger partial charge in [-0.25, -0.2) is 4.98 Å². The first-order valence-corrected chi connectivity index (χ1v) is 5.15. The van der Waals surface area contributed by atoms with Gasteiger partial charge < -0.3 is 5.73 Å². The number of aromatic nitrogens is 1. The van der Waals surface area contributed by atoms with Crippen molar-refractivity contribution >= 4 is 11.3 Å². The zero-order chi connectivity index (χ0) is 8.82. The normalized spacial score (nSPS) is 31.9. The van der Waals surface area contributed by atoms with Crippen LogP contribution in [0.4, 0.5) is 0 Å². The van der Waals surface area contributed by atoms with E-state index in [0.717, 1.165) is 6.54 Å². The van der Waals surface area contributed by atoms with Gasteiger partial charge in [-0.2, -0.15) is 0 Å². The van der Waals surface area contributed by atoms with Crippen molar-refractivity contribution in [3.8, 4) is 0 Å². The second-order valence-electron chi connectivity index (χ2n) is 4.22. The number of hydrogen-bond acceptors (Lipinski definition) is 3. The van der Waals surface area contributed by atoms with Crippen molar-refractivity contribution in [3.63, 3.8) is 0 Å². The SMILES string of the molecule is CC1(C)CC1(CN)c1cscn1. The first kappa shape index (κ1) is 8.20. The largest absolute Gasteiger partial charge is 0.330 e. The van der Waals surface area contributed by atoms with E-state index in [4.69, 9.17) is 5.73 Å². The summed E-state index contributed by atoms with van der Waals surface area (Å²) < 4.78 is 0. The maximum Gasteiger partial charge on any atom is 0.0794 e. The van der Waals surface area contributed by atoms with E-state index in [1.165, 1.54) is 12.1 Å². The van der Waals surface area contributed by atoms with Crippen LogP contribution in [0.3, 0.4) is 0 Å². The molecule has 2 nitrogen and oxygen atoms in total. The van der Waals surface area contributed by atoms with Crippen LogP contribution in [-0.4, -0.2) is 11.5 Å². The lowest BCUT2D eigenvalue weighted by atomic mass is 9.93. The molecule has 1 fully saturated rings. The predicted octanol–water partition coefficient (Wildman–Crippen LogP) is 1.77. The Morgan fingerprint density at radius 3 is 2.67 bits per heavy atom. The van der Waals surface area contributed by atoms with E-state index in [0.29, 0.717) is 5.41 Å². The molecule has 2 N–H and O–H groups in total. The molecule has 1 aromatic heterocycles. The summed E-state index contributed by atoms with van der Waals surface area (Å²) in [6.45, 7) is 5.25. The summed E-state index contributed by atoms with van der Waals surface area (Å²) in [5.41, 5.74) is 9.43. The molecule has 1 aliphatic rings. The summed E-state index contributed by atoms with van der Waals surface area (Å²) in [4.78, 5) is 4.36. The molecule has 0 saturated heterocycles. The molecule has 1 saturated carbocycles. The van der Waals surface area contributed by atoms with Gasteiger partial charge in [0.2, 0.25) is 0 Å². The molecule has 0 spiro atoms. The van der Waals surface area contributed by atoms with Gasteiger partial charge in [-0.1, -0.05) is 13.8 Å². The zero-order valence-electron chi connectivity index (χ0n) is 7.50. The first-order valence-electron chi connectivity index (χ1n) is 4.21. The molecule has 0 aliphatic heterocycles. The van der Waals surface area contributed by atoms with Gasteiger partial charge in [-0.05, 0) is 11.8 Å². The molecule has 0 bridgehead atoms. The average molecular weight is 182 g/mol. The van der Waals surface area contributed by atoms with Crippen molar-refractivity contribution in [1.29, 1.82) is 0 Å². The quantitative estimate of drug-likeness (QED) is 0.757. The number of hydrogen-bond donors (Lipinski definition) is 1. The summed E-state index contributed by atoms with van der Waals surface area (Å²) in [6, 6.07) is 0. The van der Waals surface area contributed by atoms with E-state index in [-0.39, 0.29) is 5.41 Å². The van der Waals surface area contributed by atoms with E-state index in [1.807, 2.05) is 5.51 Å². The van der Waals surface area contributed by atoms with Crippen molar-refractivity contribution in [3.05, 3.63) is 16.6 Å². The van der Waals surface area contributed by atoms with Gasteiger partial charge in [-0.15, -0.1) is 11.3 Å². The van der Waals surface area contributed by atoms with Gasteiger partial charge in [0.25, 0.3) is 0 Å². The van der Waals surface area contributed by atoms with Gasteiger partial charge in [0.1, 0.15) is 0 Å². The average Bonchev–Trinajstić information content (AvgIpc) is 2.52. The minimum absolute atomic E-state index is 0.188. The highest BCUT2D eigenvalue weighted by molar-refractivity contribution is 7.07. The van der Waals surface area contributed by atoms with Crippen LogP contribution >= 0.6 is 11.3 Å². The summed E-state index contributed by atoms with van der Waals surface area (Å²) in [7, 11) is 0. The smallest absolute Gasteiger partial charge is 0.0794 e. The van der Waals surface area contributed by atoms with E-state index >= 15 is 0 Å². The van der Waals surface area contributed by atoms with E-state index in [9.17, 15) is 0 Å². The molecule has 1 heterocycles. The molecule has 3 heteroatoms. The summed E-state index contributed by atoms with van der Waals surface area (Å²) in [5, 5.41) is 2.13. The van der Waals surface area contributed by atoms with Crippen molar-refractivity contribution in [1.82, 2.24) is 4.98 Å². The number of rotatable bonds is 2. The lowest BCUT2D eigenvalue weighted by Crippen LogP contribution is -2.25. The lowest BCUT2D eigenvalue weighted by molar-refractivity contribution is 0.495. The Bertz CT molecular complexity index is 279. The Hall–Kier alpha value is -0.410. The van der Waals surface area contributed by atoms with Crippen molar-refractivity contribution < 1.29 is 0 Å². The molecule has 1 aliphatic carbocycles. The maximum absolute atomic E-state index is 5.80. The third-order valence-corrected chi connectivity index (χ3v) is 3.77. The summed E-state index contributed by atoms with van der Waals surface area (Å²) in [5.74, 6) is 0. The molecule has 0 radical (unpaired) electrons. The molecule has 0 amide bonds. The van der Waals surface area contributed by atoms with Crippen LogP contribution < -0.4 is 5.73 Å². The van der Waals surface area contributed by atoms with Crippen LogP contribution in [0.25, 0.3) is 0 Å². The summed E-state index contributed by atoms with van der Waals surface area (Å²) >= 11 is 1.66. The fourth-order valence-corrected chi connectivity index (χ4v) is 2.70. The number of nitrogens with zero attached hydrogens (tertiary/aromatic N) is 1. The highest BCUT2D eigenvalue weighted by atomic mass is 32.1. The van der Waals surface area contributed by atoms with E-state index in [2.05, 4.69) is 24.2 Å². The third kappa shape index (κ3) is 0.866. The Morgan fingerprint density at radius 2 is 2.33 bits per heavy atom. The molecule has 1 unspecified atom stereocenters. The Labute approximate surface area is 76.8 Å². The fraction of sp³-hybridized carbons (Fsp3) is 0.667. The third-order valence-electron chi connectivity index (χ3n) is 3.19. The van der Waals surface area contributed by atoms with Crippen LogP contribution in [-0.2, 0) is 5.41 Å². The Kier molecular flexibility index (Phi) is 1.57. The fourth-order valence-electron chi connectivity index (χ4n) is 2.05. The number of nitrogens with two attached hydrogens (primary N) is 1. The van der Waals surface area contributed by atoms with Crippen LogP contribution in [0, 0.1) is 5.41 Å². The van der Waals surface area contributed by atoms with Gasteiger partial charge >= 0.3 is 0 Å². The van der Waals surface area contributed by atoms with Crippen LogP contribution in [0.1, 0.15) is 26.0 Å². The number of thiazole rings is 1. The molecule has 2 rings (SSSR count). The van der Waals surface area contributed by atoms with Gasteiger partial charge in [0.05, 0.1) is 11.2 Å². The zero-order valence-corrected chi connectivity index (χ0v) is 8.32. The Balaban J connectivity index is 2.34. The molecule has 0 aromatic carbocycles. The van der Waals surface area contributed by atoms with Crippen molar-refractivity contribution in [2.45, 2.75) is 25.7 Å². The van der Waals surface area contributed by atoms with Gasteiger partial charge in [-0.3, -0.25) is 0 Å². The molecular formula is C9H14N2S. The van der Waals surface area contributed by atoms with Crippen LogP contribution in [0.5, 0.6) is 0 Å². The van der Waals surface area contributed by atoms with Crippen LogP contribution in [0.15, 0.2) is 10.9 Å². The second kappa shape index (κ2) is 2.30. The van der Waals surface area contributed by atoms with Crippen LogP contribution in [0.2, 0.25) is 0 Å². The maximum atomic E-state index is 5.80. The Morgan fingerprint density at radius 1 is 1.67 bits per heavy atom. The van der Waals surface area contributed by atoms with E-state index in [1.54, 1.807) is 11.3 Å². The topological polar surface area (TPSA) is 38.9 Å². The molecule has 12 heavy (non-hydrogen) atoms. The minimum Gasteiger partial charge on any atom is -0.330 e. The lowest BCUT2D eigenvalue weighted by Gasteiger charge is -2.15. The van der Waals surface area contributed by atoms with Crippen molar-refractivity contribution in [2.24, 2.45) is 11.1 Å². The van der Waals surface area contributed by atoms with Gasteiger partial charge in [0.15, 0.2) is 0 Å². The highest BCUT2D eigenvalue weighted by Crippen LogP contribution is 2.63. The van der Waals surface area contributed by atoms with Crippen molar-refractivity contribution in [2.75, 3.05) is 6.54 Å². The molecular weight excluding hydrogens is 168 g/mol. The standard InChI is InChI=1S/C9H14N2S/c1-8(2)4-9(8,5-10)7-3-12-6-11-7/h3,6H,4-5,10H2,1-2H3. The van der Waals surface area contributed by atoms with Gasteiger partial charge in [0, 0.05) is 17.3 Å². The van der Waals surface area contributed by atoms with E-state index < -0.39 is 0 Å². The summed E-state index contributed by atoms with van der Waals surface area (Å²) in [6.07, 6.45) is 1.18. The second-order valence-corrected chi connectivity index (χ2v) is 4.94.